The number of aryl methyl sites for hydroxylation is 2. The van der Waals surface area contributed by atoms with Crippen LogP contribution in [0.2, 0.25) is 0 Å². The summed E-state index contributed by atoms with van der Waals surface area (Å²) in [5.41, 5.74) is 3.41. The maximum atomic E-state index is 11.2. The Balaban J connectivity index is 2.12. The molecule has 0 aliphatic heterocycles. The van der Waals surface area contributed by atoms with Gasteiger partial charge in [0.25, 0.3) is 0 Å². The third-order valence-electron chi connectivity index (χ3n) is 3.19. The quantitative estimate of drug-likeness (QED) is 0.898. The molecule has 2 aromatic rings. The molecular formula is C17H18O3. The molecule has 0 amide bonds. The van der Waals surface area contributed by atoms with Gasteiger partial charge < -0.3 is 9.84 Å². The van der Waals surface area contributed by atoms with Crippen molar-refractivity contribution in [1.82, 2.24) is 0 Å². The van der Waals surface area contributed by atoms with Gasteiger partial charge >= 0.3 is 5.97 Å². The highest BCUT2D eigenvalue weighted by molar-refractivity contribution is 5.91. The number of carboxylic acid groups (broad SMARTS) is 1. The number of ether oxygens (including phenoxy) is 1. The molecule has 0 atom stereocenters. The molecule has 3 heteroatoms. The van der Waals surface area contributed by atoms with E-state index in [1.165, 1.54) is 5.56 Å². The van der Waals surface area contributed by atoms with E-state index in [1.807, 2.05) is 25.1 Å². The summed E-state index contributed by atoms with van der Waals surface area (Å²) in [6.45, 7) is 4.34. The van der Waals surface area contributed by atoms with Gasteiger partial charge in [-0.05, 0) is 36.6 Å². The van der Waals surface area contributed by atoms with Crippen LogP contribution in [0.4, 0.5) is 0 Å². The Labute approximate surface area is 118 Å². The summed E-state index contributed by atoms with van der Waals surface area (Å²) < 4.78 is 5.63. The summed E-state index contributed by atoms with van der Waals surface area (Å²) >= 11 is 0. The first-order valence-corrected chi connectivity index (χ1v) is 6.64. The van der Waals surface area contributed by atoms with Gasteiger partial charge in [-0.15, -0.1) is 0 Å². The minimum atomic E-state index is -0.968. The molecule has 0 aliphatic rings. The lowest BCUT2D eigenvalue weighted by Crippen LogP contribution is -2.04. The average molecular weight is 270 g/mol. The normalized spacial score (nSPS) is 10.3. The molecule has 0 aliphatic carbocycles. The Morgan fingerprint density at radius 2 is 1.75 bits per heavy atom. The Kier molecular flexibility index (Phi) is 4.41. The molecule has 20 heavy (non-hydrogen) atoms. The van der Waals surface area contributed by atoms with Gasteiger partial charge in [0.15, 0.2) is 0 Å². The highest BCUT2D eigenvalue weighted by Crippen LogP contribution is 2.21. The van der Waals surface area contributed by atoms with Gasteiger partial charge in [0.2, 0.25) is 0 Å². The third-order valence-corrected chi connectivity index (χ3v) is 3.19. The van der Waals surface area contributed by atoms with E-state index >= 15 is 0 Å². The van der Waals surface area contributed by atoms with E-state index in [1.54, 1.807) is 12.1 Å². The van der Waals surface area contributed by atoms with Gasteiger partial charge in [0.1, 0.15) is 17.9 Å². The summed E-state index contributed by atoms with van der Waals surface area (Å²) in [7, 11) is 0. The molecule has 0 saturated heterocycles. The summed E-state index contributed by atoms with van der Waals surface area (Å²) in [5, 5.41) is 9.18. The first kappa shape index (κ1) is 14.1. The van der Waals surface area contributed by atoms with Crippen molar-refractivity contribution in [2.24, 2.45) is 0 Å². The Bertz CT molecular complexity index is 600. The molecular weight excluding hydrogens is 252 g/mol. The van der Waals surface area contributed by atoms with Crippen LogP contribution in [0.3, 0.4) is 0 Å². The molecule has 104 valence electrons. The molecule has 0 aromatic heterocycles. The van der Waals surface area contributed by atoms with E-state index in [-0.39, 0.29) is 5.56 Å². The highest BCUT2D eigenvalue weighted by Gasteiger charge is 2.11. The molecule has 0 radical (unpaired) electrons. The Morgan fingerprint density at radius 1 is 1.10 bits per heavy atom. The lowest BCUT2D eigenvalue weighted by Gasteiger charge is -2.10. The van der Waals surface area contributed by atoms with E-state index in [0.29, 0.717) is 12.4 Å². The van der Waals surface area contributed by atoms with Crippen LogP contribution < -0.4 is 4.74 Å². The fourth-order valence-corrected chi connectivity index (χ4v) is 1.97. The smallest absolute Gasteiger partial charge is 0.339 e. The van der Waals surface area contributed by atoms with E-state index in [4.69, 9.17) is 4.74 Å². The third kappa shape index (κ3) is 3.38. The van der Waals surface area contributed by atoms with Crippen molar-refractivity contribution in [1.29, 1.82) is 0 Å². The van der Waals surface area contributed by atoms with Crippen LogP contribution in [0, 0.1) is 6.92 Å². The van der Waals surface area contributed by atoms with Gasteiger partial charge in [-0.1, -0.05) is 42.8 Å². The number of benzene rings is 2. The van der Waals surface area contributed by atoms with Crippen LogP contribution in [-0.2, 0) is 13.0 Å². The fourth-order valence-electron chi connectivity index (χ4n) is 1.97. The van der Waals surface area contributed by atoms with Crippen LogP contribution >= 0.6 is 0 Å². The maximum Gasteiger partial charge on any atom is 0.339 e. The highest BCUT2D eigenvalue weighted by atomic mass is 16.5. The summed E-state index contributed by atoms with van der Waals surface area (Å²) in [4.78, 5) is 11.2. The van der Waals surface area contributed by atoms with Crippen LogP contribution in [0.5, 0.6) is 5.75 Å². The van der Waals surface area contributed by atoms with Gasteiger partial charge in [-0.2, -0.15) is 0 Å². The SMILES string of the molecule is CCc1ccc(COc2ccc(C)cc2C(=O)O)cc1. The monoisotopic (exact) mass is 270 g/mol. The second kappa shape index (κ2) is 6.24. The zero-order valence-corrected chi connectivity index (χ0v) is 11.7. The van der Waals surface area contributed by atoms with E-state index in [9.17, 15) is 9.90 Å². The second-order valence-corrected chi connectivity index (χ2v) is 4.76. The molecule has 2 aromatic carbocycles. The summed E-state index contributed by atoms with van der Waals surface area (Å²) in [5.74, 6) is -0.562. The topological polar surface area (TPSA) is 46.5 Å². The van der Waals surface area contributed by atoms with Crippen molar-refractivity contribution in [2.45, 2.75) is 26.9 Å². The summed E-state index contributed by atoms with van der Waals surface area (Å²) in [6, 6.07) is 13.3. The van der Waals surface area contributed by atoms with Crippen LogP contribution in [-0.4, -0.2) is 11.1 Å². The van der Waals surface area contributed by atoms with Crippen molar-refractivity contribution >= 4 is 5.97 Å². The van der Waals surface area contributed by atoms with E-state index in [2.05, 4.69) is 19.1 Å². The van der Waals surface area contributed by atoms with Crippen molar-refractivity contribution in [3.05, 3.63) is 64.7 Å². The predicted molar refractivity (Wildman–Crippen MR) is 78.3 cm³/mol. The van der Waals surface area contributed by atoms with Crippen LogP contribution in [0.1, 0.15) is 34.0 Å². The van der Waals surface area contributed by atoms with Gasteiger partial charge in [-0.3, -0.25) is 0 Å². The van der Waals surface area contributed by atoms with Crippen molar-refractivity contribution in [2.75, 3.05) is 0 Å². The lowest BCUT2D eigenvalue weighted by atomic mass is 10.1. The van der Waals surface area contributed by atoms with Crippen molar-refractivity contribution in [3.63, 3.8) is 0 Å². The molecule has 0 fully saturated rings. The standard InChI is InChI=1S/C17H18O3/c1-3-13-5-7-14(8-6-13)11-20-16-9-4-12(2)10-15(16)17(18)19/h4-10H,3,11H2,1-2H3,(H,18,19). The van der Waals surface area contributed by atoms with Crippen molar-refractivity contribution < 1.29 is 14.6 Å². The molecule has 3 nitrogen and oxygen atoms in total. The largest absolute Gasteiger partial charge is 0.488 e. The molecule has 1 N–H and O–H groups in total. The molecule has 0 bridgehead atoms. The predicted octanol–water partition coefficient (Wildman–Crippen LogP) is 3.83. The average Bonchev–Trinajstić information content (AvgIpc) is 2.46. The molecule has 2 rings (SSSR count). The van der Waals surface area contributed by atoms with Gasteiger partial charge in [-0.25, -0.2) is 4.79 Å². The van der Waals surface area contributed by atoms with Crippen LogP contribution in [0.15, 0.2) is 42.5 Å². The zero-order valence-electron chi connectivity index (χ0n) is 11.7. The van der Waals surface area contributed by atoms with Crippen molar-refractivity contribution in [3.8, 4) is 5.75 Å². The molecule has 0 heterocycles. The number of rotatable bonds is 5. The number of carboxylic acids is 1. The molecule has 0 saturated carbocycles. The number of hydrogen-bond donors (Lipinski definition) is 1. The molecule has 0 spiro atoms. The van der Waals surface area contributed by atoms with E-state index in [0.717, 1.165) is 17.5 Å². The zero-order chi connectivity index (χ0) is 14.5. The fraction of sp³-hybridized carbons (Fsp3) is 0.235. The minimum Gasteiger partial charge on any atom is -0.488 e. The Morgan fingerprint density at radius 3 is 2.35 bits per heavy atom. The van der Waals surface area contributed by atoms with Gasteiger partial charge in [0.05, 0.1) is 0 Å². The number of aromatic carboxylic acids is 1. The Hall–Kier alpha value is -2.29. The van der Waals surface area contributed by atoms with Gasteiger partial charge in [0, 0.05) is 0 Å². The first-order chi connectivity index (χ1) is 9.60. The first-order valence-electron chi connectivity index (χ1n) is 6.64. The minimum absolute atomic E-state index is 0.204. The molecule has 0 unspecified atom stereocenters. The second-order valence-electron chi connectivity index (χ2n) is 4.76. The number of carbonyl (C=O) groups is 1. The number of hydrogen-bond acceptors (Lipinski definition) is 2. The lowest BCUT2D eigenvalue weighted by molar-refractivity contribution is 0.0691. The summed E-state index contributed by atoms with van der Waals surface area (Å²) in [6.07, 6.45) is 1.00. The van der Waals surface area contributed by atoms with Crippen LogP contribution in [0.25, 0.3) is 0 Å². The maximum absolute atomic E-state index is 11.2. The van der Waals surface area contributed by atoms with E-state index < -0.39 is 5.97 Å².